The Labute approximate surface area is 225 Å². The monoisotopic (exact) mass is 746 g/mol. The molecule has 0 spiro atoms. The SMILES string of the molecule is C=CC(F)(F)C(F)(F)C(F)(F)C(F)(F)C(F)(F)C(F)(F)F.FC(F)=C(F)C(F)(F)C(F)(F)C(F)(F)C(F)(F)C(F)(F)C(F)(F)F. The first-order valence-corrected chi connectivity index (χ1v) is 9.18. The summed E-state index contributed by atoms with van der Waals surface area (Å²) in [6.07, 6.45) is -20.7. The zero-order valence-electron chi connectivity index (χ0n) is 19.2. The summed E-state index contributed by atoms with van der Waals surface area (Å²) in [5.74, 6) is -81.7. The Morgan fingerprint density at radius 3 is 0.756 bits per heavy atom. The molecule has 0 radical (unpaired) electrons. The Balaban J connectivity index is 0. The van der Waals surface area contributed by atoms with Gasteiger partial charge in [-0.25, -0.2) is 0 Å². The minimum Gasteiger partial charge on any atom is -0.199 e. The molecule has 270 valence electrons. The van der Waals surface area contributed by atoms with Crippen LogP contribution in [0, 0.1) is 0 Å². The van der Waals surface area contributed by atoms with Crippen molar-refractivity contribution >= 4 is 0 Å². The Morgan fingerprint density at radius 2 is 0.556 bits per heavy atom. The van der Waals surface area contributed by atoms with Crippen molar-refractivity contribution in [2.45, 2.75) is 71.6 Å². The average molecular weight is 746 g/mol. The van der Waals surface area contributed by atoms with Crippen LogP contribution in [0.1, 0.15) is 0 Å². The Hall–Kier alpha value is -2.55. The quantitative estimate of drug-likeness (QED) is 0.154. The van der Waals surface area contributed by atoms with Crippen molar-refractivity contribution in [1.82, 2.24) is 0 Å². The van der Waals surface area contributed by atoms with Crippen molar-refractivity contribution < 1.29 is 127 Å². The molecule has 0 N–H and O–H groups in total. The summed E-state index contributed by atoms with van der Waals surface area (Å²) in [5, 5.41) is 0. The second-order valence-electron chi connectivity index (χ2n) is 7.57. The lowest BCUT2D eigenvalue weighted by molar-refractivity contribution is -0.437. The third-order valence-corrected chi connectivity index (χ3v) is 4.59. The molecule has 0 aromatic rings. The highest BCUT2D eigenvalue weighted by molar-refractivity contribution is 5.19. The number of alkyl halides is 26. The van der Waals surface area contributed by atoms with Crippen LogP contribution >= 0.6 is 0 Å². The summed E-state index contributed by atoms with van der Waals surface area (Å²) in [6.45, 7) is 1.89. The van der Waals surface area contributed by atoms with E-state index < -0.39 is 89.6 Å². The van der Waals surface area contributed by atoms with Crippen LogP contribution in [-0.4, -0.2) is 71.6 Å². The summed E-state index contributed by atoms with van der Waals surface area (Å²) >= 11 is 0. The molecule has 0 fully saturated rings. The van der Waals surface area contributed by atoms with Crippen LogP contribution in [0.3, 0.4) is 0 Å². The molecule has 45 heavy (non-hydrogen) atoms. The normalized spacial score (nSPS) is 15.8. The van der Waals surface area contributed by atoms with E-state index >= 15 is 0 Å². The standard InChI is InChI=1S/C8F16.C8H3F13/c9-1(2(10)11)3(12,13)4(14,15)5(16,17)6(18,19)7(20,21)8(22,23)24;1-2-3(9,10)4(11,12)5(13,14)6(15,16)7(17,18)8(19,20)21/h;2H,1H2. The molecular formula is C16H3F29. The van der Waals surface area contributed by atoms with Crippen molar-refractivity contribution in [1.29, 1.82) is 0 Å². The number of halogens is 29. The molecule has 0 saturated heterocycles. The van der Waals surface area contributed by atoms with E-state index in [1.807, 2.05) is 6.58 Å². The van der Waals surface area contributed by atoms with Gasteiger partial charge in [0, 0.05) is 0 Å². The van der Waals surface area contributed by atoms with E-state index in [1.165, 1.54) is 0 Å². The van der Waals surface area contributed by atoms with E-state index in [2.05, 4.69) is 0 Å². The smallest absolute Gasteiger partial charge is 0.199 e. The van der Waals surface area contributed by atoms with Gasteiger partial charge in [0.2, 0.25) is 5.83 Å². The molecule has 29 heteroatoms. The molecular weight excluding hydrogens is 743 g/mol. The predicted octanol–water partition coefficient (Wildman–Crippen LogP) is 10.7. The number of hydrogen-bond donors (Lipinski definition) is 0. The molecule has 0 unspecified atom stereocenters. The first kappa shape index (κ1) is 44.6. The zero-order chi connectivity index (χ0) is 37.9. The fourth-order valence-corrected chi connectivity index (χ4v) is 1.94. The van der Waals surface area contributed by atoms with Gasteiger partial charge in [-0.05, 0) is 6.08 Å². The first-order chi connectivity index (χ1) is 18.9. The number of hydrogen-bond acceptors (Lipinski definition) is 0. The minimum atomic E-state index is -8.31. The molecule has 0 aliphatic rings. The lowest BCUT2D eigenvalue weighted by atomic mass is 9.93. The van der Waals surface area contributed by atoms with Crippen molar-refractivity contribution in [2.24, 2.45) is 0 Å². The molecule has 0 aliphatic heterocycles. The molecule has 0 heterocycles. The van der Waals surface area contributed by atoms with Gasteiger partial charge in [-0.2, -0.15) is 127 Å². The van der Waals surface area contributed by atoms with Crippen molar-refractivity contribution in [3.8, 4) is 0 Å². The minimum absolute atomic E-state index is 1.29. The summed E-state index contributed by atoms with van der Waals surface area (Å²) in [7, 11) is 0. The van der Waals surface area contributed by atoms with Crippen LogP contribution in [0.5, 0.6) is 0 Å². The Kier molecular flexibility index (Phi) is 11.5. The van der Waals surface area contributed by atoms with Crippen LogP contribution in [0.15, 0.2) is 24.6 Å². The second-order valence-corrected chi connectivity index (χ2v) is 7.57. The topological polar surface area (TPSA) is 0 Å². The van der Waals surface area contributed by atoms with Gasteiger partial charge >= 0.3 is 77.7 Å². The van der Waals surface area contributed by atoms with E-state index in [1.54, 1.807) is 0 Å². The lowest BCUT2D eigenvalue weighted by Crippen LogP contribution is -2.70. The third-order valence-electron chi connectivity index (χ3n) is 4.59. The maximum atomic E-state index is 12.7. The highest BCUT2D eigenvalue weighted by Gasteiger charge is 2.92. The maximum absolute atomic E-state index is 12.7. The fourth-order valence-electron chi connectivity index (χ4n) is 1.94. The van der Waals surface area contributed by atoms with E-state index in [-0.39, 0.29) is 0 Å². The van der Waals surface area contributed by atoms with Gasteiger partial charge in [0.15, 0.2) is 0 Å². The number of allylic oxidation sites excluding steroid dienone is 2. The summed E-state index contributed by atoms with van der Waals surface area (Å²) < 4.78 is 356. The molecule has 0 amide bonds. The lowest BCUT2D eigenvalue weighted by Gasteiger charge is -2.39. The fraction of sp³-hybridized carbons (Fsp3) is 0.750. The molecule has 0 bridgehead atoms. The van der Waals surface area contributed by atoms with Crippen LogP contribution in [0.4, 0.5) is 127 Å². The summed E-state index contributed by atoms with van der Waals surface area (Å²) in [4.78, 5) is 0. The van der Waals surface area contributed by atoms with Crippen LogP contribution < -0.4 is 0 Å². The van der Waals surface area contributed by atoms with Crippen molar-refractivity contribution in [2.75, 3.05) is 0 Å². The maximum Gasteiger partial charge on any atom is 0.460 e. The molecule has 0 nitrogen and oxygen atoms in total. The van der Waals surface area contributed by atoms with Crippen molar-refractivity contribution in [3.63, 3.8) is 0 Å². The molecule has 0 saturated carbocycles. The molecule has 0 aliphatic carbocycles. The van der Waals surface area contributed by atoms with E-state index in [0.29, 0.717) is 0 Å². The van der Waals surface area contributed by atoms with E-state index in [9.17, 15) is 127 Å². The third kappa shape index (κ3) is 6.39. The van der Waals surface area contributed by atoms with Gasteiger partial charge in [0.25, 0.3) is 0 Å². The van der Waals surface area contributed by atoms with Crippen LogP contribution in [-0.2, 0) is 0 Å². The Morgan fingerprint density at radius 1 is 0.333 bits per heavy atom. The van der Waals surface area contributed by atoms with Gasteiger partial charge in [0.1, 0.15) is 0 Å². The molecule has 0 aromatic heterocycles. The van der Waals surface area contributed by atoms with Gasteiger partial charge in [-0.3, -0.25) is 0 Å². The van der Waals surface area contributed by atoms with Crippen molar-refractivity contribution in [3.05, 3.63) is 24.6 Å². The average Bonchev–Trinajstić information content (AvgIpc) is 2.81. The van der Waals surface area contributed by atoms with E-state index in [0.717, 1.165) is 0 Å². The van der Waals surface area contributed by atoms with Crippen LogP contribution in [0.25, 0.3) is 0 Å². The highest BCUT2D eigenvalue weighted by Crippen LogP contribution is 2.62. The first-order valence-electron chi connectivity index (χ1n) is 9.18. The molecule has 0 atom stereocenters. The van der Waals surface area contributed by atoms with Gasteiger partial charge in [-0.15, -0.1) is 0 Å². The van der Waals surface area contributed by atoms with Gasteiger partial charge in [0.05, 0.1) is 0 Å². The largest absolute Gasteiger partial charge is 0.460 e. The summed E-state index contributed by atoms with van der Waals surface area (Å²) in [6, 6.07) is 0. The number of rotatable bonds is 10. The zero-order valence-corrected chi connectivity index (χ0v) is 19.2. The molecule has 0 rings (SSSR count). The highest BCUT2D eigenvalue weighted by atomic mass is 19.4. The Bertz CT molecular complexity index is 1070. The van der Waals surface area contributed by atoms with Gasteiger partial charge in [-0.1, -0.05) is 6.58 Å². The second kappa shape index (κ2) is 11.6. The van der Waals surface area contributed by atoms with E-state index in [4.69, 9.17) is 0 Å². The predicted molar refractivity (Wildman–Crippen MR) is 82.1 cm³/mol. The molecule has 0 aromatic carbocycles. The van der Waals surface area contributed by atoms with Crippen LogP contribution in [0.2, 0.25) is 0 Å². The summed E-state index contributed by atoms with van der Waals surface area (Å²) in [5.41, 5.74) is 0. The van der Waals surface area contributed by atoms with Gasteiger partial charge < -0.3 is 0 Å².